The zero-order valence-electron chi connectivity index (χ0n) is 13.4. The zero-order valence-corrected chi connectivity index (χ0v) is 13.4. The third-order valence-electron chi connectivity index (χ3n) is 4.69. The minimum absolute atomic E-state index is 0.0899. The molecule has 1 saturated heterocycles. The smallest absolute Gasteiger partial charge is 0.306 e. The van der Waals surface area contributed by atoms with Crippen LogP contribution in [0, 0.1) is 12.8 Å². The molecule has 1 N–H and O–H groups in total. The third-order valence-corrected chi connectivity index (χ3v) is 4.69. The van der Waals surface area contributed by atoms with Gasteiger partial charge < -0.3 is 5.11 Å². The number of aryl methyl sites for hydroxylation is 1. The largest absolute Gasteiger partial charge is 0.481 e. The molecule has 1 atom stereocenters. The Labute approximate surface area is 136 Å². The summed E-state index contributed by atoms with van der Waals surface area (Å²) in [7, 11) is 0. The Morgan fingerprint density at radius 1 is 1.17 bits per heavy atom. The van der Waals surface area contributed by atoms with Gasteiger partial charge in [0.2, 0.25) is 0 Å². The van der Waals surface area contributed by atoms with Crippen molar-refractivity contribution in [1.82, 2.24) is 9.88 Å². The first-order valence-corrected chi connectivity index (χ1v) is 8.10. The lowest BCUT2D eigenvalue weighted by Crippen LogP contribution is -2.39. The van der Waals surface area contributed by atoms with Crippen LogP contribution in [0.4, 0.5) is 0 Å². The first-order valence-electron chi connectivity index (χ1n) is 8.10. The Morgan fingerprint density at radius 3 is 2.48 bits per heavy atom. The number of hydrogen-bond acceptors (Lipinski definition) is 3. The molecule has 1 aliphatic rings. The standard InChI is InChI=1S/C19H22N2O2/c1-14-6-2-3-7-16(14)18(17-8-4-5-11-20-17)21-12-9-15(10-13-21)19(22)23/h2-8,11,15,18H,9-10,12-13H2,1H3,(H,22,23). The third kappa shape index (κ3) is 3.42. The van der Waals surface area contributed by atoms with E-state index in [4.69, 9.17) is 0 Å². The summed E-state index contributed by atoms with van der Waals surface area (Å²) in [5.74, 6) is -0.887. The van der Waals surface area contributed by atoms with Gasteiger partial charge >= 0.3 is 5.97 Å². The van der Waals surface area contributed by atoms with E-state index >= 15 is 0 Å². The zero-order chi connectivity index (χ0) is 16.2. The van der Waals surface area contributed by atoms with E-state index in [2.05, 4.69) is 41.1 Å². The number of likely N-dealkylation sites (tertiary alicyclic amines) is 1. The monoisotopic (exact) mass is 310 g/mol. The van der Waals surface area contributed by atoms with Crippen LogP contribution in [0.2, 0.25) is 0 Å². The number of carboxylic acids is 1. The highest BCUT2D eigenvalue weighted by Gasteiger charge is 2.31. The van der Waals surface area contributed by atoms with Crippen molar-refractivity contribution in [3.8, 4) is 0 Å². The fraction of sp³-hybridized carbons (Fsp3) is 0.368. The highest BCUT2D eigenvalue weighted by molar-refractivity contribution is 5.70. The van der Waals surface area contributed by atoms with Crippen molar-refractivity contribution in [1.29, 1.82) is 0 Å². The topological polar surface area (TPSA) is 53.4 Å². The maximum Gasteiger partial charge on any atom is 0.306 e. The number of benzene rings is 1. The average molecular weight is 310 g/mol. The van der Waals surface area contributed by atoms with Gasteiger partial charge in [-0.3, -0.25) is 14.7 Å². The summed E-state index contributed by atoms with van der Waals surface area (Å²) in [6, 6.07) is 14.5. The second-order valence-electron chi connectivity index (χ2n) is 6.16. The van der Waals surface area contributed by atoms with Gasteiger partial charge in [0.05, 0.1) is 17.7 Å². The van der Waals surface area contributed by atoms with E-state index in [1.54, 1.807) is 0 Å². The number of aliphatic carboxylic acids is 1. The molecule has 1 unspecified atom stereocenters. The maximum atomic E-state index is 11.2. The second-order valence-corrected chi connectivity index (χ2v) is 6.16. The molecule has 23 heavy (non-hydrogen) atoms. The van der Waals surface area contributed by atoms with E-state index in [1.165, 1.54) is 11.1 Å². The lowest BCUT2D eigenvalue weighted by molar-refractivity contribution is -0.143. The van der Waals surface area contributed by atoms with Gasteiger partial charge in [-0.25, -0.2) is 0 Å². The lowest BCUT2D eigenvalue weighted by Gasteiger charge is -2.37. The Bertz CT molecular complexity index is 664. The van der Waals surface area contributed by atoms with Gasteiger partial charge in [-0.05, 0) is 56.1 Å². The summed E-state index contributed by atoms with van der Waals surface area (Å²) in [4.78, 5) is 18.1. The van der Waals surface area contributed by atoms with Crippen LogP contribution in [0.15, 0.2) is 48.7 Å². The van der Waals surface area contributed by atoms with E-state index in [9.17, 15) is 9.90 Å². The fourth-order valence-electron chi connectivity index (χ4n) is 3.38. The van der Waals surface area contributed by atoms with Crippen LogP contribution in [0.1, 0.15) is 35.7 Å². The van der Waals surface area contributed by atoms with E-state index in [0.717, 1.165) is 18.8 Å². The van der Waals surface area contributed by atoms with Gasteiger partial charge in [-0.1, -0.05) is 30.3 Å². The Morgan fingerprint density at radius 2 is 1.87 bits per heavy atom. The number of carbonyl (C=O) groups is 1. The molecule has 0 spiro atoms. The van der Waals surface area contributed by atoms with Crippen LogP contribution in [-0.2, 0) is 4.79 Å². The van der Waals surface area contributed by atoms with E-state index in [-0.39, 0.29) is 12.0 Å². The molecule has 2 aromatic rings. The minimum atomic E-state index is -0.671. The molecule has 1 aliphatic heterocycles. The van der Waals surface area contributed by atoms with Crippen molar-refractivity contribution in [3.05, 3.63) is 65.5 Å². The number of piperidine rings is 1. The summed E-state index contributed by atoms with van der Waals surface area (Å²) < 4.78 is 0. The molecule has 3 rings (SSSR count). The normalized spacial score (nSPS) is 17.8. The molecule has 0 radical (unpaired) electrons. The number of nitrogens with zero attached hydrogens (tertiary/aromatic N) is 2. The first kappa shape index (κ1) is 15.7. The number of hydrogen-bond donors (Lipinski definition) is 1. The van der Waals surface area contributed by atoms with E-state index < -0.39 is 5.97 Å². The van der Waals surface area contributed by atoms with Gasteiger partial charge in [0.25, 0.3) is 0 Å². The van der Waals surface area contributed by atoms with Crippen molar-refractivity contribution >= 4 is 5.97 Å². The lowest BCUT2D eigenvalue weighted by atomic mass is 9.91. The number of aromatic nitrogens is 1. The van der Waals surface area contributed by atoms with E-state index in [1.807, 2.05) is 24.4 Å². The summed E-state index contributed by atoms with van der Waals surface area (Å²) >= 11 is 0. The molecule has 0 saturated carbocycles. The molecule has 1 fully saturated rings. The van der Waals surface area contributed by atoms with Crippen molar-refractivity contribution < 1.29 is 9.90 Å². The van der Waals surface area contributed by atoms with Crippen molar-refractivity contribution in [2.75, 3.05) is 13.1 Å². The molecular formula is C19H22N2O2. The van der Waals surface area contributed by atoms with Crippen molar-refractivity contribution in [2.24, 2.45) is 5.92 Å². The second kappa shape index (κ2) is 6.92. The average Bonchev–Trinajstić information content (AvgIpc) is 2.58. The SMILES string of the molecule is Cc1ccccc1C(c1ccccn1)N1CCC(C(=O)O)CC1. The van der Waals surface area contributed by atoms with Crippen LogP contribution < -0.4 is 0 Å². The molecule has 1 aromatic heterocycles. The summed E-state index contributed by atoms with van der Waals surface area (Å²) in [6.45, 7) is 3.69. The quantitative estimate of drug-likeness (QED) is 0.941. The van der Waals surface area contributed by atoms with Crippen molar-refractivity contribution in [3.63, 3.8) is 0 Å². The van der Waals surface area contributed by atoms with Gasteiger partial charge in [0.1, 0.15) is 0 Å². The molecule has 0 aliphatic carbocycles. The van der Waals surface area contributed by atoms with Crippen LogP contribution in [0.25, 0.3) is 0 Å². The molecule has 4 heteroatoms. The number of rotatable bonds is 4. The molecule has 120 valence electrons. The predicted octanol–water partition coefficient (Wildman–Crippen LogP) is 3.28. The number of pyridine rings is 1. The Kier molecular flexibility index (Phi) is 4.72. The highest BCUT2D eigenvalue weighted by Crippen LogP contribution is 2.32. The first-order chi connectivity index (χ1) is 11.2. The van der Waals surface area contributed by atoms with Crippen LogP contribution in [0.3, 0.4) is 0 Å². The van der Waals surface area contributed by atoms with Crippen LogP contribution in [-0.4, -0.2) is 34.0 Å². The van der Waals surface area contributed by atoms with Gasteiger partial charge in [0.15, 0.2) is 0 Å². The van der Waals surface area contributed by atoms with Crippen LogP contribution >= 0.6 is 0 Å². The molecule has 4 nitrogen and oxygen atoms in total. The molecular weight excluding hydrogens is 288 g/mol. The highest BCUT2D eigenvalue weighted by atomic mass is 16.4. The molecule has 0 amide bonds. The molecule has 0 bridgehead atoms. The molecule has 1 aromatic carbocycles. The van der Waals surface area contributed by atoms with Crippen LogP contribution in [0.5, 0.6) is 0 Å². The summed E-state index contributed by atoms with van der Waals surface area (Å²) in [6.07, 6.45) is 3.22. The summed E-state index contributed by atoms with van der Waals surface area (Å²) in [5, 5.41) is 9.21. The van der Waals surface area contributed by atoms with Gasteiger partial charge in [-0.2, -0.15) is 0 Å². The van der Waals surface area contributed by atoms with Crippen molar-refractivity contribution in [2.45, 2.75) is 25.8 Å². The van der Waals surface area contributed by atoms with Gasteiger partial charge in [-0.15, -0.1) is 0 Å². The summed E-state index contributed by atoms with van der Waals surface area (Å²) in [5.41, 5.74) is 3.51. The fourth-order valence-corrected chi connectivity index (χ4v) is 3.38. The van der Waals surface area contributed by atoms with E-state index in [0.29, 0.717) is 12.8 Å². The Balaban J connectivity index is 1.91. The minimum Gasteiger partial charge on any atom is -0.481 e. The Hall–Kier alpha value is -2.20. The maximum absolute atomic E-state index is 11.2. The molecule has 2 heterocycles. The van der Waals surface area contributed by atoms with Gasteiger partial charge in [0, 0.05) is 6.20 Å². The predicted molar refractivity (Wildman–Crippen MR) is 89.2 cm³/mol. The number of carboxylic acid groups (broad SMARTS) is 1.